The van der Waals surface area contributed by atoms with Crippen LogP contribution in [0.5, 0.6) is 0 Å². The lowest BCUT2D eigenvalue weighted by Crippen LogP contribution is -2.33. The minimum absolute atomic E-state index is 0.232. The Morgan fingerprint density at radius 1 is 1.32 bits per heavy atom. The van der Waals surface area contributed by atoms with E-state index in [1.54, 1.807) is 6.20 Å². The van der Waals surface area contributed by atoms with E-state index in [9.17, 15) is 13.6 Å². The second-order valence-electron chi connectivity index (χ2n) is 7.66. The van der Waals surface area contributed by atoms with E-state index in [0.717, 1.165) is 34.8 Å². The zero-order chi connectivity index (χ0) is 22.0. The van der Waals surface area contributed by atoms with E-state index in [2.05, 4.69) is 4.98 Å². The maximum Gasteiger partial charge on any atom is 0.320 e. The summed E-state index contributed by atoms with van der Waals surface area (Å²) < 4.78 is 29.6. The van der Waals surface area contributed by atoms with Crippen LogP contribution in [0.1, 0.15) is 29.7 Å². The fourth-order valence-electron chi connectivity index (χ4n) is 3.96. The van der Waals surface area contributed by atoms with Gasteiger partial charge < -0.3 is 15.4 Å². The van der Waals surface area contributed by atoms with Crippen LogP contribution in [0.4, 0.5) is 8.78 Å². The van der Waals surface area contributed by atoms with Crippen molar-refractivity contribution in [3.63, 3.8) is 0 Å². The molecule has 3 aromatic rings. The molecule has 3 heterocycles. The summed E-state index contributed by atoms with van der Waals surface area (Å²) >= 11 is 0. The topological polar surface area (TPSA) is 93.6 Å². The number of carboxylic acids is 1. The van der Waals surface area contributed by atoms with Crippen molar-refractivity contribution in [3.05, 3.63) is 65.0 Å². The number of fused-ring (bicyclic) bond motifs is 3. The molecule has 7 nitrogen and oxygen atoms in total. The number of benzene rings is 1. The Balaban J connectivity index is 1.54. The number of carbonyl (C=O) groups is 1. The van der Waals surface area contributed by atoms with Crippen molar-refractivity contribution >= 4 is 17.0 Å². The molecule has 0 saturated heterocycles. The smallest absolute Gasteiger partial charge is 0.320 e. The minimum atomic E-state index is -1.02. The maximum atomic E-state index is 14.3. The third-order valence-electron chi connectivity index (χ3n) is 5.57. The molecule has 0 fully saturated rings. The molecule has 1 atom stereocenters. The van der Waals surface area contributed by atoms with E-state index in [-0.39, 0.29) is 6.54 Å². The largest absolute Gasteiger partial charge is 0.480 e. The van der Waals surface area contributed by atoms with Gasteiger partial charge in [0.1, 0.15) is 23.3 Å². The van der Waals surface area contributed by atoms with Crippen molar-refractivity contribution in [2.24, 2.45) is 5.73 Å². The quantitative estimate of drug-likeness (QED) is 0.534. The number of hydrogen-bond acceptors (Lipinski definition) is 5. The van der Waals surface area contributed by atoms with E-state index < -0.39 is 23.6 Å². The third-order valence-corrected chi connectivity index (χ3v) is 5.57. The fourth-order valence-corrected chi connectivity index (χ4v) is 3.96. The zero-order valence-corrected chi connectivity index (χ0v) is 16.9. The van der Waals surface area contributed by atoms with Crippen LogP contribution in [0.25, 0.3) is 11.0 Å². The van der Waals surface area contributed by atoms with Gasteiger partial charge in [-0.25, -0.2) is 13.8 Å². The molecule has 2 aromatic heterocycles. The molecule has 1 aromatic carbocycles. The number of pyridine rings is 1. The van der Waals surface area contributed by atoms with Crippen molar-refractivity contribution in [2.45, 2.75) is 38.4 Å². The van der Waals surface area contributed by atoms with Crippen molar-refractivity contribution in [3.8, 4) is 0 Å². The highest BCUT2D eigenvalue weighted by Crippen LogP contribution is 2.31. The van der Waals surface area contributed by atoms with Crippen molar-refractivity contribution < 1.29 is 23.5 Å². The summed E-state index contributed by atoms with van der Waals surface area (Å²) in [5, 5.41) is 11.7. The van der Waals surface area contributed by atoms with E-state index in [0.29, 0.717) is 38.1 Å². The molecule has 1 aliphatic rings. The summed E-state index contributed by atoms with van der Waals surface area (Å²) in [7, 11) is 0. The van der Waals surface area contributed by atoms with Gasteiger partial charge in [0, 0.05) is 35.5 Å². The summed E-state index contributed by atoms with van der Waals surface area (Å²) in [5.41, 5.74) is 8.79. The number of hydroxylamine groups is 2. The highest BCUT2D eigenvalue weighted by Gasteiger charge is 2.25. The van der Waals surface area contributed by atoms with Crippen LogP contribution >= 0.6 is 0 Å². The molecule has 0 amide bonds. The lowest BCUT2D eigenvalue weighted by atomic mass is 10.1. The van der Waals surface area contributed by atoms with Gasteiger partial charge in [0.15, 0.2) is 0 Å². The first-order chi connectivity index (χ1) is 14.9. The van der Waals surface area contributed by atoms with E-state index >= 15 is 0 Å². The average Bonchev–Trinajstić information content (AvgIpc) is 3.06. The Labute approximate surface area is 178 Å². The Bertz CT molecular complexity index is 1100. The normalized spacial score (nSPS) is 15.2. The highest BCUT2D eigenvalue weighted by atomic mass is 19.1. The standard InChI is InChI=1S/C22H24F2N4O3/c23-15-6-5-14(18(24)11-15)12-28-20-13-27(31-10-2-4-19(25)22(29)30)9-7-16(20)17-3-1-8-26-21(17)28/h1,3,5-6,8,11,19H,2,4,7,9-10,12-13,25H2,(H,29,30)/t19-/m0/s1. The van der Waals surface area contributed by atoms with Gasteiger partial charge in [-0.3, -0.25) is 9.63 Å². The lowest BCUT2D eigenvalue weighted by molar-refractivity contribution is -0.171. The highest BCUT2D eigenvalue weighted by molar-refractivity contribution is 5.82. The molecule has 9 heteroatoms. The van der Waals surface area contributed by atoms with Gasteiger partial charge in [-0.15, -0.1) is 0 Å². The van der Waals surface area contributed by atoms with Gasteiger partial charge in [0.05, 0.1) is 19.7 Å². The van der Waals surface area contributed by atoms with Crippen LogP contribution in [-0.4, -0.2) is 44.9 Å². The predicted octanol–water partition coefficient (Wildman–Crippen LogP) is 2.84. The molecular formula is C22H24F2N4O3. The van der Waals surface area contributed by atoms with Crippen molar-refractivity contribution in [1.82, 2.24) is 14.6 Å². The zero-order valence-electron chi connectivity index (χ0n) is 16.9. The second-order valence-corrected chi connectivity index (χ2v) is 7.66. The van der Waals surface area contributed by atoms with Crippen molar-refractivity contribution in [2.75, 3.05) is 13.2 Å². The van der Waals surface area contributed by atoms with Gasteiger partial charge >= 0.3 is 5.97 Å². The molecule has 0 spiro atoms. The summed E-state index contributed by atoms with van der Waals surface area (Å²) in [6.45, 7) is 1.76. The number of nitrogens with two attached hydrogens (primary N) is 1. The fraction of sp³-hybridized carbons (Fsp3) is 0.364. The van der Waals surface area contributed by atoms with Gasteiger partial charge in [-0.2, -0.15) is 5.06 Å². The number of nitrogens with zero attached hydrogens (tertiary/aromatic N) is 3. The molecule has 1 aliphatic heterocycles. The molecule has 4 rings (SSSR count). The number of hydrogen-bond donors (Lipinski definition) is 2. The predicted molar refractivity (Wildman–Crippen MR) is 110 cm³/mol. The van der Waals surface area contributed by atoms with Crippen LogP contribution in [0.3, 0.4) is 0 Å². The van der Waals surface area contributed by atoms with Crippen LogP contribution in [0.15, 0.2) is 36.5 Å². The lowest BCUT2D eigenvalue weighted by Gasteiger charge is -2.27. The van der Waals surface area contributed by atoms with Gasteiger partial charge in [-0.1, -0.05) is 6.07 Å². The number of rotatable bonds is 8. The van der Waals surface area contributed by atoms with Crippen LogP contribution in [0.2, 0.25) is 0 Å². The SMILES string of the molecule is N[C@@H](CCCON1CCc2c(n(Cc3ccc(F)cc3F)c3ncccc23)C1)C(=O)O. The first kappa shape index (κ1) is 21.4. The van der Waals surface area contributed by atoms with Crippen molar-refractivity contribution in [1.29, 1.82) is 0 Å². The molecule has 164 valence electrons. The Morgan fingerprint density at radius 3 is 2.94 bits per heavy atom. The van der Waals surface area contributed by atoms with E-state index in [4.69, 9.17) is 15.7 Å². The number of aromatic nitrogens is 2. The van der Waals surface area contributed by atoms with Crippen LogP contribution < -0.4 is 5.73 Å². The first-order valence-corrected chi connectivity index (χ1v) is 10.2. The molecule has 31 heavy (non-hydrogen) atoms. The monoisotopic (exact) mass is 430 g/mol. The van der Waals surface area contributed by atoms with E-state index in [1.165, 1.54) is 12.1 Å². The maximum absolute atomic E-state index is 14.3. The second kappa shape index (κ2) is 9.09. The molecule has 0 aliphatic carbocycles. The molecule has 3 N–H and O–H groups in total. The summed E-state index contributed by atoms with van der Waals surface area (Å²) in [6.07, 6.45) is 3.31. The van der Waals surface area contributed by atoms with Gasteiger partial charge in [0.25, 0.3) is 0 Å². The average molecular weight is 430 g/mol. The number of aliphatic carboxylic acids is 1. The Kier molecular flexibility index (Phi) is 6.26. The summed E-state index contributed by atoms with van der Waals surface area (Å²) in [5.74, 6) is -2.22. The first-order valence-electron chi connectivity index (χ1n) is 10.2. The number of carboxylic acid groups (broad SMARTS) is 1. The summed E-state index contributed by atoms with van der Waals surface area (Å²) in [6, 6.07) is 6.58. The molecule has 0 radical (unpaired) electrons. The molecule has 0 bridgehead atoms. The third kappa shape index (κ3) is 4.58. The van der Waals surface area contributed by atoms with E-state index in [1.807, 2.05) is 21.8 Å². The Hall–Kier alpha value is -2.88. The summed E-state index contributed by atoms with van der Waals surface area (Å²) in [4.78, 5) is 21.2. The molecular weight excluding hydrogens is 406 g/mol. The minimum Gasteiger partial charge on any atom is -0.480 e. The van der Waals surface area contributed by atoms with Gasteiger partial charge in [0.2, 0.25) is 0 Å². The van der Waals surface area contributed by atoms with Crippen LogP contribution in [0, 0.1) is 11.6 Å². The Morgan fingerprint density at radius 2 is 2.16 bits per heavy atom. The van der Waals surface area contributed by atoms with Crippen LogP contribution in [-0.2, 0) is 29.1 Å². The number of halogens is 2. The molecule has 0 unspecified atom stereocenters. The molecule has 0 saturated carbocycles. The van der Waals surface area contributed by atoms with Gasteiger partial charge in [-0.05, 0) is 43.0 Å².